The van der Waals surface area contributed by atoms with E-state index in [9.17, 15) is 14.4 Å². The molecule has 0 radical (unpaired) electrons. The highest BCUT2D eigenvalue weighted by Crippen LogP contribution is 2.13. The minimum atomic E-state index is 0.595. The summed E-state index contributed by atoms with van der Waals surface area (Å²) in [6, 6.07) is 0. The van der Waals surface area contributed by atoms with Crippen LogP contribution in [0.5, 0.6) is 0 Å². The van der Waals surface area contributed by atoms with Gasteiger partial charge in [0, 0.05) is 32.7 Å². The largest absolute Gasteiger partial charge is 0.277 e. The highest BCUT2D eigenvalue weighted by Gasteiger charge is 2.22. The van der Waals surface area contributed by atoms with E-state index in [1.807, 2.05) is 0 Å². The molecule has 0 unspecified atom stereocenters. The maximum absolute atomic E-state index is 10.1. The summed E-state index contributed by atoms with van der Waals surface area (Å²) in [5.74, 6) is 0. The minimum absolute atomic E-state index is 0.595. The maximum atomic E-state index is 10.1. The van der Waals surface area contributed by atoms with Crippen LogP contribution in [0.1, 0.15) is 83.5 Å². The molecule has 0 aromatic carbocycles. The molecule has 2 saturated heterocycles. The van der Waals surface area contributed by atoms with Crippen molar-refractivity contribution in [1.29, 1.82) is 0 Å². The normalized spacial score (nSPS) is 16.3. The zero-order valence-corrected chi connectivity index (χ0v) is 23.9. The van der Waals surface area contributed by atoms with Crippen molar-refractivity contribution in [2.45, 2.75) is 83.5 Å². The first-order chi connectivity index (χ1) is 19.3. The fourth-order valence-corrected chi connectivity index (χ4v) is 4.64. The lowest BCUT2D eigenvalue weighted by molar-refractivity contribution is -0.0311. The van der Waals surface area contributed by atoms with Crippen LogP contribution in [0.25, 0.3) is 0 Å². The van der Waals surface area contributed by atoms with Crippen LogP contribution in [0.2, 0.25) is 0 Å². The third-order valence-electron chi connectivity index (χ3n) is 6.66. The molecular formula is C27H51N9O3. The number of hydrazine groups is 2. The summed E-state index contributed by atoms with van der Waals surface area (Å²) in [5, 5.41) is 0. The van der Waals surface area contributed by atoms with Crippen molar-refractivity contribution in [2.75, 3.05) is 72.4 Å². The fraction of sp³-hybridized carbons (Fsp3) is 0.889. The Morgan fingerprint density at radius 2 is 0.821 bits per heavy atom. The zero-order valence-electron chi connectivity index (χ0n) is 23.9. The predicted molar refractivity (Wildman–Crippen MR) is 153 cm³/mol. The van der Waals surface area contributed by atoms with Crippen LogP contribution in [-0.4, -0.2) is 105 Å². The minimum Gasteiger partial charge on any atom is -0.277 e. The Labute approximate surface area is 234 Å². The number of hydrogen-bond acceptors (Lipinski definition) is 12. The van der Waals surface area contributed by atoms with Crippen LogP contribution >= 0.6 is 0 Å². The lowest BCUT2D eigenvalue weighted by Gasteiger charge is -2.42. The molecule has 2 fully saturated rings. The molecular weight excluding hydrogens is 498 g/mol. The molecule has 12 nitrogen and oxygen atoms in total. The summed E-state index contributed by atoms with van der Waals surface area (Å²) in [6.07, 6.45) is 19.2. The van der Waals surface area contributed by atoms with Crippen LogP contribution in [0.3, 0.4) is 0 Å². The number of unbranched alkanes of at least 4 members (excludes halogenated alkanes) is 9. The second-order valence-electron chi connectivity index (χ2n) is 10.1. The van der Waals surface area contributed by atoms with E-state index >= 15 is 0 Å². The molecule has 0 aromatic rings. The third-order valence-corrected chi connectivity index (χ3v) is 6.66. The molecule has 2 aliphatic rings. The summed E-state index contributed by atoms with van der Waals surface area (Å²) in [7, 11) is 0. The molecule has 2 heterocycles. The lowest BCUT2D eigenvalue weighted by Crippen LogP contribution is -2.55. The third kappa shape index (κ3) is 22.4. The van der Waals surface area contributed by atoms with Gasteiger partial charge in [-0.3, -0.25) is 14.7 Å². The van der Waals surface area contributed by atoms with E-state index in [1.165, 1.54) is 25.7 Å². The average Bonchev–Trinajstić information content (AvgIpc) is 2.97. The van der Waals surface area contributed by atoms with Crippen molar-refractivity contribution in [2.24, 2.45) is 15.0 Å². The van der Waals surface area contributed by atoms with Gasteiger partial charge in [-0.15, -0.1) is 0 Å². The SMILES string of the molecule is C1CNNNC1.O=C=NCCCCCCN1CN(CCCCCCN=C=O)CN(CCCCCCN=C=O)C1. The van der Waals surface area contributed by atoms with Crippen molar-refractivity contribution in [3.05, 3.63) is 0 Å². The van der Waals surface area contributed by atoms with Gasteiger partial charge in [0.2, 0.25) is 18.2 Å². The van der Waals surface area contributed by atoms with Gasteiger partial charge >= 0.3 is 0 Å². The molecule has 222 valence electrons. The first-order valence-electron chi connectivity index (χ1n) is 14.8. The van der Waals surface area contributed by atoms with E-state index in [-0.39, 0.29) is 0 Å². The van der Waals surface area contributed by atoms with E-state index in [0.717, 1.165) is 111 Å². The molecule has 2 rings (SSSR count). The van der Waals surface area contributed by atoms with Crippen molar-refractivity contribution in [3.8, 4) is 0 Å². The molecule has 0 spiro atoms. The molecule has 2 aliphatic heterocycles. The van der Waals surface area contributed by atoms with Crippen molar-refractivity contribution >= 4 is 18.2 Å². The van der Waals surface area contributed by atoms with Gasteiger partial charge in [-0.2, -0.15) is 5.53 Å². The highest BCUT2D eigenvalue weighted by molar-refractivity contribution is 5.33. The van der Waals surface area contributed by atoms with Crippen LogP contribution in [0.4, 0.5) is 0 Å². The van der Waals surface area contributed by atoms with Crippen LogP contribution in [0, 0.1) is 0 Å². The molecule has 0 amide bonds. The van der Waals surface area contributed by atoms with Crippen LogP contribution in [0.15, 0.2) is 15.0 Å². The van der Waals surface area contributed by atoms with E-state index < -0.39 is 0 Å². The van der Waals surface area contributed by atoms with Crippen LogP contribution < -0.4 is 16.4 Å². The molecule has 12 heteroatoms. The Kier molecular flexibility index (Phi) is 24.6. The number of carbonyl (C=O) groups excluding carboxylic acids is 3. The summed E-state index contributed by atoms with van der Waals surface area (Å²) in [6.45, 7) is 10.3. The predicted octanol–water partition coefficient (Wildman–Crippen LogP) is 2.46. The number of hydrogen-bond donors (Lipinski definition) is 3. The van der Waals surface area contributed by atoms with Gasteiger partial charge in [0.1, 0.15) is 0 Å². The summed E-state index contributed by atoms with van der Waals surface area (Å²) in [5.41, 5.74) is 8.63. The zero-order chi connectivity index (χ0) is 28.1. The van der Waals surface area contributed by atoms with Crippen molar-refractivity contribution < 1.29 is 14.4 Å². The Bertz CT molecular complexity index is 616. The Hall–Kier alpha value is -2.10. The molecule has 0 atom stereocenters. The molecule has 0 bridgehead atoms. The smallest absolute Gasteiger partial charge is 0.234 e. The van der Waals surface area contributed by atoms with E-state index in [2.05, 4.69) is 46.1 Å². The Morgan fingerprint density at radius 3 is 1.08 bits per heavy atom. The van der Waals surface area contributed by atoms with E-state index in [0.29, 0.717) is 19.6 Å². The lowest BCUT2D eigenvalue weighted by atomic mass is 10.1. The maximum Gasteiger partial charge on any atom is 0.234 e. The van der Waals surface area contributed by atoms with Gasteiger partial charge in [-0.1, -0.05) is 38.5 Å². The summed E-state index contributed by atoms with van der Waals surface area (Å²) >= 11 is 0. The second-order valence-corrected chi connectivity index (χ2v) is 10.1. The topological polar surface area (TPSA) is 134 Å². The number of rotatable bonds is 21. The molecule has 0 aromatic heterocycles. The summed E-state index contributed by atoms with van der Waals surface area (Å²) in [4.78, 5) is 48.9. The van der Waals surface area contributed by atoms with Gasteiger partial charge in [0.15, 0.2) is 0 Å². The van der Waals surface area contributed by atoms with E-state index in [1.54, 1.807) is 18.2 Å². The second kappa shape index (κ2) is 27.5. The Morgan fingerprint density at radius 1 is 0.487 bits per heavy atom. The number of isocyanates is 3. The van der Waals surface area contributed by atoms with Crippen molar-refractivity contribution in [3.63, 3.8) is 0 Å². The quantitative estimate of drug-likeness (QED) is 0.112. The molecule has 39 heavy (non-hydrogen) atoms. The van der Waals surface area contributed by atoms with Gasteiger partial charge in [0.05, 0.1) is 39.6 Å². The standard InChI is InChI=1S/C24H42N6O3.C3H9N3/c31-19-25-13-7-1-4-10-16-28-22-29(17-11-5-2-8-14-26-20-32)24-30(23-28)18-12-6-3-9-15-27-21-33;1-2-4-6-5-3-1/h1-18,22-24H2;4-6H,1-3H2. The van der Waals surface area contributed by atoms with Gasteiger partial charge in [-0.25, -0.2) is 40.2 Å². The monoisotopic (exact) mass is 549 g/mol. The number of aliphatic imine (C=N–C) groups is 3. The molecule has 0 saturated carbocycles. The number of nitrogens with zero attached hydrogens (tertiary/aromatic N) is 6. The number of nitrogens with one attached hydrogen (secondary N) is 3. The van der Waals surface area contributed by atoms with Crippen molar-refractivity contribution in [1.82, 2.24) is 31.1 Å². The first kappa shape index (κ1) is 34.9. The van der Waals surface area contributed by atoms with Gasteiger partial charge < -0.3 is 0 Å². The highest BCUT2D eigenvalue weighted by atomic mass is 16.1. The molecule has 0 aliphatic carbocycles. The molecule has 3 N–H and O–H groups in total. The van der Waals surface area contributed by atoms with Gasteiger partial charge in [0.25, 0.3) is 0 Å². The van der Waals surface area contributed by atoms with E-state index in [4.69, 9.17) is 0 Å². The average molecular weight is 550 g/mol. The Balaban J connectivity index is 0.00000111. The first-order valence-corrected chi connectivity index (χ1v) is 14.8. The fourth-order valence-electron chi connectivity index (χ4n) is 4.64. The van der Waals surface area contributed by atoms with Gasteiger partial charge in [-0.05, 0) is 44.9 Å². The van der Waals surface area contributed by atoms with Crippen LogP contribution in [-0.2, 0) is 14.4 Å². The summed E-state index contributed by atoms with van der Waals surface area (Å²) < 4.78 is 0.